The molecule has 43 heavy (non-hydrogen) atoms. The lowest BCUT2D eigenvalue weighted by atomic mass is 9.96. The van der Waals surface area contributed by atoms with Crippen LogP contribution in [0.5, 0.6) is 11.8 Å². The van der Waals surface area contributed by atoms with Crippen molar-refractivity contribution in [1.29, 1.82) is 0 Å². The van der Waals surface area contributed by atoms with Crippen LogP contribution >= 0.6 is 23.2 Å². The molecule has 1 aromatic heterocycles. The summed E-state index contributed by atoms with van der Waals surface area (Å²) in [5.41, 5.74) is 0.621. The minimum absolute atomic E-state index is 0.00757. The Labute approximate surface area is 258 Å². The molecule has 9 nitrogen and oxygen atoms in total. The van der Waals surface area contributed by atoms with E-state index in [0.29, 0.717) is 69.3 Å². The molecular formula is C31H30Cl2FN5O4. The first-order valence-corrected chi connectivity index (χ1v) is 14.8. The van der Waals surface area contributed by atoms with Crippen molar-refractivity contribution in [2.75, 3.05) is 70.5 Å². The zero-order valence-corrected chi connectivity index (χ0v) is 24.9. The lowest BCUT2D eigenvalue weighted by Gasteiger charge is -2.35. The molecule has 6 rings (SSSR count). The fourth-order valence-corrected chi connectivity index (χ4v) is 6.01. The average Bonchev–Trinajstić information content (AvgIpc) is 3.01. The Balaban J connectivity index is 1.41. The van der Waals surface area contributed by atoms with Crippen LogP contribution in [-0.4, -0.2) is 96.4 Å². The van der Waals surface area contributed by atoms with Gasteiger partial charge in [0.2, 0.25) is 0 Å². The van der Waals surface area contributed by atoms with E-state index in [0.717, 1.165) is 23.9 Å². The van der Waals surface area contributed by atoms with Crippen LogP contribution in [0.4, 0.5) is 10.2 Å². The van der Waals surface area contributed by atoms with E-state index in [1.54, 1.807) is 17.0 Å². The van der Waals surface area contributed by atoms with Crippen LogP contribution in [-0.2, 0) is 9.53 Å². The molecule has 0 spiro atoms. The molecule has 3 aromatic carbocycles. The molecule has 0 aliphatic carbocycles. The SMILES string of the molecule is C=C(Cl)C(=O)N1CCN(c2nc(OCCN3CCOCC3)nc3c(F)c(-c4cc(O)cc5ccccc45)c(Cl)cc23)CC1. The Bertz CT molecular complexity index is 1710. The summed E-state index contributed by atoms with van der Waals surface area (Å²) in [4.78, 5) is 27.4. The van der Waals surface area contributed by atoms with Gasteiger partial charge in [0.05, 0.1) is 23.3 Å². The Kier molecular flexibility index (Phi) is 8.54. The maximum absolute atomic E-state index is 16.6. The third-order valence-electron chi connectivity index (χ3n) is 7.80. The van der Waals surface area contributed by atoms with Crippen LogP contribution in [0.2, 0.25) is 5.02 Å². The van der Waals surface area contributed by atoms with E-state index in [-0.39, 0.29) is 38.8 Å². The van der Waals surface area contributed by atoms with E-state index in [4.69, 9.17) is 37.7 Å². The fourth-order valence-electron chi connectivity index (χ4n) is 5.60. The summed E-state index contributed by atoms with van der Waals surface area (Å²) in [6, 6.07) is 12.2. The number of halogens is 3. The maximum Gasteiger partial charge on any atom is 0.319 e. The summed E-state index contributed by atoms with van der Waals surface area (Å²) < 4.78 is 28.1. The molecule has 1 amide bonds. The third kappa shape index (κ3) is 6.05. The smallest absolute Gasteiger partial charge is 0.319 e. The van der Waals surface area contributed by atoms with E-state index >= 15 is 4.39 Å². The van der Waals surface area contributed by atoms with Crippen molar-refractivity contribution in [1.82, 2.24) is 19.8 Å². The fraction of sp³-hybridized carbons (Fsp3) is 0.323. The number of aromatic hydroxyl groups is 1. The first-order valence-electron chi connectivity index (χ1n) is 14.0. The number of amides is 1. The summed E-state index contributed by atoms with van der Waals surface area (Å²) in [7, 11) is 0. The predicted octanol–water partition coefficient (Wildman–Crippen LogP) is 5.06. The number of morpholine rings is 1. The number of hydrogen-bond donors (Lipinski definition) is 1. The molecule has 0 atom stereocenters. The van der Waals surface area contributed by atoms with Crippen molar-refractivity contribution in [2.45, 2.75) is 0 Å². The van der Waals surface area contributed by atoms with Crippen LogP contribution in [0.25, 0.3) is 32.8 Å². The minimum Gasteiger partial charge on any atom is -0.508 e. The number of carbonyl (C=O) groups is 1. The number of fused-ring (bicyclic) bond motifs is 2. The van der Waals surface area contributed by atoms with Gasteiger partial charge in [-0.3, -0.25) is 9.69 Å². The molecular weight excluding hydrogens is 596 g/mol. The average molecular weight is 627 g/mol. The molecule has 2 aliphatic rings. The molecule has 12 heteroatoms. The topological polar surface area (TPSA) is 91.3 Å². The number of nitrogens with zero attached hydrogens (tertiary/aromatic N) is 5. The summed E-state index contributed by atoms with van der Waals surface area (Å²) >= 11 is 12.6. The summed E-state index contributed by atoms with van der Waals surface area (Å²) in [6.45, 7) is 9.05. The van der Waals surface area contributed by atoms with Gasteiger partial charge in [-0.15, -0.1) is 0 Å². The van der Waals surface area contributed by atoms with Gasteiger partial charge in [-0.2, -0.15) is 9.97 Å². The second kappa shape index (κ2) is 12.5. The highest BCUT2D eigenvalue weighted by molar-refractivity contribution is 6.41. The lowest BCUT2D eigenvalue weighted by Crippen LogP contribution is -2.49. The molecule has 0 radical (unpaired) electrons. The van der Waals surface area contributed by atoms with Crippen LogP contribution in [0.15, 0.2) is 54.1 Å². The van der Waals surface area contributed by atoms with Crippen LogP contribution in [0.1, 0.15) is 0 Å². The Morgan fingerprint density at radius 2 is 1.79 bits per heavy atom. The highest BCUT2D eigenvalue weighted by Gasteiger charge is 2.27. The molecule has 1 N–H and O–H groups in total. The largest absolute Gasteiger partial charge is 0.508 e. The van der Waals surface area contributed by atoms with Gasteiger partial charge in [0.1, 0.15) is 23.7 Å². The van der Waals surface area contributed by atoms with E-state index < -0.39 is 5.82 Å². The molecule has 3 heterocycles. The van der Waals surface area contributed by atoms with Crippen LogP contribution in [0.3, 0.4) is 0 Å². The van der Waals surface area contributed by atoms with Crippen molar-refractivity contribution in [3.63, 3.8) is 0 Å². The van der Waals surface area contributed by atoms with E-state index in [2.05, 4.69) is 16.5 Å². The van der Waals surface area contributed by atoms with Crippen molar-refractivity contribution in [3.8, 4) is 22.9 Å². The van der Waals surface area contributed by atoms with Crippen LogP contribution < -0.4 is 9.64 Å². The Morgan fingerprint density at radius 3 is 2.53 bits per heavy atom. The molecule has 4 aromatic rings. The van der Waals surface area contributed by atoms with Gasteiger partial charge in [0.25, 0.3) is 5.91 Å². The second-order valence-electron chi connectivity index (χ2n) is 10.5. The Hall–Kier alpha value is -3.70. The number of ether oxygens (including phenoxy) is 2. The zero-order valence-electron chi connectivity index (χ0n) is 23.4. The molecule has 2 fully saturated rings. The highest BCUT2D eigenvalue weighted by Crippen LogP contribution is 2.42. The number of rotatable bonds is 7. The predicted molar refractivity (Wildman–Crippen MR) is 166 cm³/mol. The normalized spacial score (nSPS) is 16.2. The molecule has 2 aliphatic heterocycles. The van der Waals surface area contributed by atoms with E-state index in [1.165, 1.54) is 6.07 Å². The van der Waals surface area contributed by atoms with E-state index in [9.17, 15) is 9.90 Å². The van der Waals surface area contributed by atoms with E-state index in [1.807, 2.05) is 29.2 Å². The van der Waals surface area contributed by atoms with Crippen molar-refractivity contribution in [3.05, 3.63) is 64.9 Å². The maximum atomic E-state index is 16.6. The summed E-state index contributed by atoms with van der Waals surface area (Å²) in [6.07, 6.45) is 0. The second-order valence-corrected chi connectivity index (χ2v) is 11.3. The molecule has 2 saturated heterocycles. The minimum atomic E-state index is -0.646. The molecule has 0 saturated carbocycles. The first kappa shape index (κ1) is 29.4. The van der Waals surface area contributed by atoms with Gasteiger partial charge in [-0.1, -0.05) is 54.0 Å². The van der Waals surface area contributed by atoms with Gasteiger partial charge in [-0.25, -0.2) is 4.39 Å². The zero-order chi connectivity index (χ0) is 30.1. The van der Waals surface area contributed by atoms with Crippen molar-refractivity contribution >= 4 is 56.6 Å². The quantitative estimate of drug-likeness (QED) is 0.285. The van der Waals surface area contributed by atoms with Crippen LogP contribution in [0, 0.1) is 5.82 Å². The summed E-state index contributed by atoms with van der Waals surface area (Å²) in [5.74, 6) is -0.520. The number of phenolic OH excluding ortho intramolecular Hbond substituents is 1. The number of carbonyl (C=O) groups excluding carboxylic acids is 1. The van der Waals surface area contributed by atoms with Crippen molar-refractivity contribution < 1.29 is 23.8 Å². The third-order valence-corrected chi connectivity index (χ3v) is 8.26. The van der Waals surface area contributed by atoms with Gasteiger partial charge in [0, 0.05) is 56.8 Å². The highest BCUT2D eigenvalue weighted by atomic mass is 35.5. The standard InChI is InChI=1S/C31H30Cl2FN5O4/c1-19(32)30(41)39-8-6-38(7-9-39)29-24-18-25(33)26(23-17-21(40)16-20-4-2-3-5-22(20)23)27(34)28(24)35-31(36-29)43-15-12-37-10-13-42-14-11-37/h2-5,16-18,40H,1,6-15H2. The van der Waals surface area contributed by atoms with Gasteiger partial charge < -0.3 is 24.4 Å². The molecule has 0 bridgehead atoms. The Morgan fingerprint density at radius 1 is 1.05 bits per heavy atom. The number of phenols is 1. The molecule has 0 unspecified atom stereocenters. The van der Waals surface area contributed by atoms with Gasteiger partial charge >= 0.3 is 6.01 Å². The van der Waals surface area contributed by atoms with Gasteiger partial charge in [-0.05, 0) is 34.5 Å². The van der Waals surface area contributed by atoms with Gasteiger partial charge in [0.15, 0.2) is 5.82 Å². The first-order chi connectivity index (χ1) is 20.8. The number of piperazine rings is 1. The monoisotopic (exact) mass is 625 g/mol. The lowest BCUT2D eigenvalue weighted by molar-refractivity contribution is -0.126. The number of hydrogen-bond acceptors (Lipinski definition) is 8. The molecule has 224 valence electrons. The number of aromatic nitrogens is 2. The summed E-state index contributed by atoms with van der Waals surface area (Å²) in [5, 5.41) is 12.5. The van der Waals surface area contributed by atoms with Crippen molar-refractivity contribution in [2.24, 2.45) is 0 Å². The number of anilines is 1. The number of benzene rings is 3.